The van der Waals surface area contributed by atoms with Crippen LogP contribution in [0.25, 0.3) is 16.1 Å². The highest BCUT2D eigenvalue weighted by Gasteiger charge is 2.53. The second kappa shape index (κ2) is 5.62. The third kappa shape index (κ3) is 2.91. The van der Waals surface area contributed by atoms with Gasteiger partial charge in [-0.1, -0.05) is 0 Å². The molecule has 0 aliphatic carbocycles. The lowest BCUT2D eigenvalue weighted by Gasteiger charge is -2.32. The molecule has 0 radical (unpaired) electrons. The van der Waals surface area contributed by atoms with Gasteiger partial charge >= 0.3 is 7.12 Å². The average molecular weight is 333 g/mol. The Kier molecular flexibility index (Phi) is 4.03. The van der Waals surface area contributed by atoms with Crippen molar-refractivity contribution in [3.8, 4) is 10.6 Å². The average Bonchev–Trinajstić information content (AvgIpc) is 3.17. The molecule has 0 spiro atoms. The van der Waals surface area contributed by atoms with Crippen LogP contribution in [0.1, 0.15) is 39.5 Å². The Morgan fingerprint density at radius 2 is 1.78 bits per heavy atom. The van der Waals surface area contributed by atoms with Crippen LogP contribution in [0.3, 0.4) is 0 Å². The maximum Gasteiger partial charge on any atom is 0.525 e. The lowest BCUT2D eigenvalue weighted by atomic mass is 9.84. The summed E-state index contributed by atoms with van der Waals surface area (Å²) in [6, 6.07) is 7.87. The van der Waals surface area contributed by atoms with Crippen LogP contribution in [0, 0.1) is 0 Å². The summed E-state index contributed by atoms with van der Waals surface area (Å²) in [5, 5.41) is 0. The maximum atomic E-state index is 14.9. The molecular weight excluding hydrogens is 312 g/mol. The number of hydrogen-bond acceptors (Lipinski definition) is 3. The van der Waals surface area contributed by atoms with Crippen molar-refractivity contribution in [3.05, 3.63) is 41.1 Å². The zero-order chi connectivity index (χ0) is 16.8. The van der Waals surface area contributed by atoms with Crippen LogP contribution in [0.2, 0.25) is 0 Å². The van der Waals surface area contributed by atoms with Crippen molar-refractivity contribution < 1.29 is 13.7 Å². The number of nitrogens with one attached hydrogen (secondary N) is 1. The van der Waals surface area contributed by atoms with Gasteiger partial charge < -0.3 is 14.3 Å². The summed E-state index contributed by atoms with van der Waals surface area (Å²) in [5.41, 5.74) is 0.153. The first-order valence-electron chi connectivity index (χ1n) is 7.67. The van der Waals surface area contributed by atoms with Gasteiger partial charge in [0.2, 0.25) is 0 Å². The van der Waals surface area contributed by atoms with Gasteiger partial charge in [-0.05, 0) is 64.5 Å². The normalized spacial score (nSPS) is 20.7. The summed E-state index contributed by atoms with van der Waals surface area (Å²) >= 11 is 1.55. The van der Waals surface area contributed by atoms with Crippen LogP contribution in [-0.4, -0.2) is 23.3 Å². The Morgan fingerprint density at radius 1 is 1.13 bits per heavy atom. The molecule has 6 heteroatoms. The first kappa shape index (κ1) is 16.5. The van der Waals surface area contributed by atoms with Gasteiger partial charge in [-0.15, -0.1) is 11.3 Å². The molecule has 122 valence electrons. The van der Waals surface area contributed by atoms with Gasteiger partial charge in [-0.25, -0.2) is 4.39 Å². The minimum absolute atomic E-state index is 0.358. The largest absolute Gasteiger partial charge is 0.525 e. The van der Waals surface area contributed by atoms with E-state index in [-0.39, 0.29) is 5.73 Å². The van der Waals surface area contributed by atoms with Gasteiger partial charge in [-0.3, -0.25) is 0 Å². The van der Waals surface area contributed by atoms with Crippen LogP contribution in [-0.2, 0) is 9.31 Å². The number of aromatic amines is 1. The molecule has 0 saturated carbocycles. The van der Waals surface area contributed by atoms with E-state index in [4.69, 9.17) is 9.31 Å². The molecule has 1 aliphatic heterocycles. The number of aromatic nitrogens is 1. The lowest BCUT2D eigenvalue weighted by Crippen LogP contribution is -2.41. The summed E-state index contributed by atoms with van der Waals surface area (Å²) in [4.78, 5) is 5.11. The number of thiophene rings is 1. The Bertz CT molecular complexity index is 718. The van der Waals surface area contributed by atoms with Gasteiger partial charge in [0.1, 0.15) is 5.73 Å². The number of halogens is 1. The van der Waals surface area contributed by atoms with Gasteiger partial charge in [0.05, 0.1) is 21.8 Å². The first-order chi connectivity index (χ1) is 10.7. The van der Waals surface area contributed by atoms with Crippen molar-refractivity contribution in [2.75, 3.05) is 0 Å². The lowest BCUT2D eigenvalue weighted by molar-refractivity contribution is 0.00578. The van der Waals surface area contributed by atoms with Crippen molar-refractivity contribution in [2.45, 2.75) is 45.8 Å². The van der Waals surface area contributed by atoms with E-state index in [0.29, 0.717) is 5.57 Å². The van der Waals surface area contributed by atoms with Crippen LogP contribution in [0.4, 0.5) is 4.39 Å². The van der Waals surface area contributed by atoms with Crippen LogP contribution >= 0.6 is 11.3 Å². The van der Waals surface area contributed by atoms with E-state index >= 15 is 0 Å². The van der Waals surface area contributed by atoms with E-state index in [1.165, 1.54) is 0 Å². The van der Waals surface area contributed by atoms with Crippen LogP contribution in [0.5, 0.6) is 0 Å². The van der Waals surface area contributed by atoms with Crippen molar-refractivity contribution in [1.82, 2.24) is 4.98 Å². The second-order valence-electron chi connectivity index (χ2n) is 6.81. The van der Waals surface area contributed by atoms with Gasteiger partial charge in [-0.2, -0.15) is 0 Å². The molecule has 2 aromatic rings. The van der Waals surface area contributed by atoms with Crippen molar-refractivity contribution in [3.63, 3.8) is 0 Å². The molecule has 0 bridgehead atoms. The van der Waals surface area contributed by atoms with Gasteiger partial charge in [0.15, 0.2) is 0 Å². The highest BCUT2D eigenvalue weighted by atomic mass is 32.1. The summed E-state index contributed by atoms with van der Waals surface area (Å²) in [5.74, 6) is 0. The molecule has 1 saturated heterocycles. The van der Waals surface area contributed by atoms with Gasteiger partial charge in [0.25, 0.3) is 0 Å². The molecule has 3 heterocycles. The number of H-pyrrole nitrogens is 1. The molecule has 0 amide bonds. The number of hydrogen-bond donors (Lipinski definition) is 1. The van der Waals surface area contributed by atoms with Crippen molar-refractivity contribution in [1.29, 1.82) is 0 Å². The smallest absolute Gasteiger partial charge is 0.398 e. The quantitative estimate of drug-likeness (QED) is 0.795. The SMILES string of the molecule is CC(=C(F)B1OC(C)(C)C(C)(C)O1)c1ccc(-c2ccc[nH]2)s1. The summed E-state index contributed by atoms with van der Waals surface area (Å²) < 4.78 is 26.4. The molecule has 2 aromatic heterocycles. The molecule has 1 N–H and O–H groups in total. The maximum absolute atomic E-state index is 14.9. The Morgan fingerprint density at radius 3 is 2.35 bits per heavy atom. The summed E-state index contributed by atoms with van der Waals surface area (Å²) in [7, 11) is -0.948. The number of rotatable bonds is 3. The molecule has 1 fully saturated rings. The highest BCUT2D eigenvalue weighted by molar-refractivity contribution is 7.16. The molecule has 1 aliphatic rings. The van der Waals surface area contributed by atoms with E-state index < -0.39 is 18.3 Å². The predicted molar refractivity (Wildman–Crippen MR) is 93.9 cm³/mol. The Hall–Kier alpha value is -1.37. The first-order valence-corrected chi connectivity index (χ1v) is 8.49. The highest BCUT2D eigenvalue weighted by Crippen LogP contribution is 2.41. The molecule has 0 atom stereocenters. The Labute approximate surface area is 140 Å². The topological polar surface area (TPSA) is 34.2 Å². The third-order valence-corrected chi connectivity index (χ3v) is 5.90. The van der Waals surface area contributed by atoms with E-state index in [0.717, 1.165) is 15.4 Å². The molecule has 23 heavy (non-hydrogen) atoms. The van der Waals surface area contributed by atoms with E-state index in [1.54, 1.807) is 18.3 Å². The van der Waals surface area contributed by atoms with Crippen LogP contribution in [0.15, 0.2) is 36.2 Å². The molecule has 3 nitrogen and oxygen atoms in total. The minimum atomic E-state index is -0.948. The number of allylic oxidation sites excluding steroid dienone is 1. The second-order valence-corrected chi connectivity index (χ2v) is 7.89. The fraction of sp³-hybridized carbons (Fsp3) is 0.412. The minimum Gasteiger partial charge on any atom is -0.398 e. The monoisotopic (exact) mass is 333 g/mol. The van der Waals surface area contributed by atoms with E-state index in [9.17, 15) is 4.39 Å². The molecule has 3 rings (SSSR count). The third-order valence-electron chi connectivity index (χ3n) is 4.66. The zero-order valence-electron chi connectivity index (χ0n) is 14.1. The van der Waals surface area contributed by atoms with Crippen molar-refractivity contribution in [2.24, 2.45) is 0 Å². The van der Waals surface area contributed by atoms with E-state index in [2.05, 4.69) is 4.98 Å². The zero-order valence-corrected chi connectivity index (χ0v) is 14.9. The molecule has 0 aromatic carbocycles. The van der Waals surface area contributed by atoms with E-state index in [1.807, 2.05) is 58.2 Å². The summed E-state index contributed by atoms with van der Waals surface area (Å²) in [6.07, 6.45) is 1.88. The molecule has 0 unspecified atom stereocenters. The fourth-order valence-corrected chi connectivity index (χ4v) is 3.41. The summed E-state index contributed by atoms with van der Waals surface area (Å²) in [6.45, 7) is 9.45. The molecular formula is C17H21BFNO2S. The fourth-order valence-electron chi connectivity index (χ4n) is 2.41. The Balaban J connectivity index is 1.87. The van der Waals surface area contributed by atoms with Crippen LogP contribution < -0.4 is 0 Å². The van der Waals surface area contributed by atoms with Crippen molar-refractivity contribution >= 4 is 24.0 Å². The standard InChI is InChI=1S/C17H21BFNO2S/c1-11(13-8-9-14(23-13)12-7-6-10-20-12)15(19)18-21-16(2,3)17(4,5)22-18/h6-10,20H,1-5H3. The predicted octanol–water partition coefficient (Wildman–Crippen LogP) is 5.08. The van der Waals surface area contributed by atoms with Gasteiger partial charge in [0, 0.05) is 11.1 Å².